The lowest BCUT2D eigenvalue weighted by Crippen LogP contribution is -2.40. The van der Waals surface area contributed by atoms with E-state index in [-0.39, 0.29) is 6.61 Å². The first-order valence-corrected chi connectivity index (χ1v) is 6.33. The molecule has 104 valence electrons. The molecule has 0 heterocycles. The third kappa shape index (κ3) is 5.90. The maximum atomic E-state index is 11.5. The zero-order valence-corrected chi connectivity index (χ0v) is 11.0. The molecule has 0 spiro atoms. The van der Waals surface area contributed by atoms with Crippen molar-refractivity contribution in [3.63, 3.8) is 0 Å². The predicted molar refractivity (Wildman–Crippen MR) is 70.7 cm³/mol. The molecule has 1 aromatic rings. The first-order valence-electron chi connectivity index (χ1n) is 6.33. The van der Waals surface area contributed by atoms with Crippen molar-refractivity contribution in [3.8, 4) is 0 Å². The van der Waals surface area contributed by atoms with Crippen LogP contribution in [0.25, 0.3) is 0 Å². The molecule has 0 saturated heterocycles. The summed E-state index contributed by atoms with van der Waals surface area (Å²) in [6.07, 6.45) is 1.33. The molecule has 1 rings (SSSR count). The number of carbonyl (C=O) groups is 2. The molecule has 0 bridgehead atoms. The minimum absolute atomic E-state index is 0.132. The topological polar surface area (TPSA) is 75.6 Å². The van der Waals surface area contributed by atoms with Gasteiger partial charge in [-0.05, 0) is 12.0 Å². The SMILES string of the molecule is CCCC[C@@H](NC(=O)OCc1ccccc1)C(=O)O. The minimum atomic E-state index is -1.04. The Morgan fingerprint density at radius 3 is 2.58 bits per heavy atom. The van der Waals surface area contributed by atoms with E-state index in [0.717, 1.165) is 18.4 Å². The Morgan fingerprint density at radius 2 is 2.00 bits per heavy atom. The number of nitrogens with one attached hydrogen (secondary N) is 1. The van der Waals surface area contributed by atoms with Gasteiger partial charge in [-0.15, -0.1) is 0 Å². The van der Waals surface area contributed by atoms with Crippen LogP contribution >= 0.6 is 0 Å². The van der Waals surface area contributed by atoms with Crippen molar-refractivity contribution in [1.29, 1.82) is 0 Å². The Bertz CT molecular complexity index is 405. The van der Waals surface area contributed by atoms with Gasteiger partial charge in [-0.1, -0.05) is 50.1 Å². The number of carbonyl (C=O) groups excluding carboxylic acids is 1. The molecule has 5 nitrogen and oxygen atoms in total. The summed E-state index contributed by atoms with van der Waals surface area (Å²) in [5.41, 5.74) is 0.859. The zero-order valence-electron chi connectivity index (χ0n) is 11.0. The number of rotatable bonds is 7. The van der Waals surface area contributed by atoms with Crippen LogP contribution in [0.3, 0.4) is 0 Å². The normalized spacial score (nSPS) is 11.6. The highest BCUT2D eigenvalue weighted by Crippen LogP contribution is 2.03. The second-order valence-electron chi connectivity index (χ2n) is 4.24. The van der Waals surface area contributed by atoms with Gasteiger partial charge in [0.25, 0.3) is 0 Å². The van der Waals surface area contributed by atoms with E-state index < -0.39 is 18.1 Å². The highest BCUT2D eigenvalue weighted by atomic mass is 16.5. The van der Waals surface area contributed by atoms with Gasteiger partial charge in [-0.25, -0.2) is 9.59 Å². The van der Waals surface area contributed by atoms with Gasteiger partial charge >= 0.3 is 12.1 Å². The summed E-state index contributed by atoms with van der Waals surface area (Å²) in [5.74, 6) is -1.04. The molecule has 1 amide bonds. The Kier molecular flexibility index (Phi) is 6.43. The number of hydrogen-bond acceptors (Lipinski definition) is 3. The van der Waals surface area contributed by atoms with E-state index in [4.69, 9.17) is 9.84 Å². The van der Waals surface area contributed by atoms with Crippen LogP contribution in [0.1, 0.15) is 31.7 Å². The van der Waals surface area contributed by atoms with Crippen molar-refractivity contribution in [2.45, 2.75) is 38.8 Å². The molecular weight excluding hydrogens is 246 g/mol. The number of carboxylic acids is 1. The van der Waals surface area contributed by atoms with Crippen LogP contribution in [0.15, 0.2) is 30.3 Å². The lowest BCUT2D eigenvalue weighted by molar-refractivity contribution is -0.139. The van der Waals surface area contributed by atoms with E-state index in [1.807, 2.05) is 37.3 Å². The number of unbranched alkanes of at least 4 members (excludes halogenated alkanes) is 1. The lowest BCUT2D eigenvalue weighted by Gasteiger charge is -2.14. The van der Waals surface area contributed by atoms with Gasteiger partial charge in [0.15, 0.2) is 0 Å². The minimum Gasteiger partial charge on any atom is -0.480 e. The quantitative estimate of drug-likeness (QED) is 0.794. The Balaban J connectivity index is 2.38. The van der Waals surface area contributed by atoms with E-state index in [9.17, 15) is 9.59 Å². The Morgan fingerprint density at radius 1 is 1.32 bits per heavy atom. The number of ether oxygens (including phenoxy) is 1. The lowest BCUT2D eigenvalue weighted by atomic mass is 10.1. The van der Waals surface area contributed by atoms with Crippen molar-refractivity contribution in [3.05, 3.63) is 35.9 Å². The summed E-state index contributed by atoms with van der Waals surface area (Å²) in [4.78, 5) is 22.4. The molecule has 0 fully saturated rings. The van der Waals surface area contributed by atoms with E-state index in [1.54, 1.807) is 0 Å². The molecule has 0 aliphatic heterocycles. The van der Waals surface area contributed by atoms with Crippen LogP contribution in [0.4, 0.5) is 4.79 Å². The van der Waals surface area contributed by atoms with Gasteiger partial charge in [0.2, 0.25) is 0 Å². The van der Waals surface area contributed by atoms with E-state index in [2.05, 4.69) is 5.32 Å². The monoisotopic (exact) mass is 265 g/mol. The van der Waals surface area contributed by atoms with Crippen molar-refractivity contribution >= 4 is 12.1 Å². The fourth-order valence-electron chi connectivity index (χ4n) is 1.57. The summed E-state index contributed by atoms with van der Waals surface area (Å²) in [7, 11) is 0. The summed E-state index contributed by atoms with van der Waals surface area (Å²) < 4.78 is 4.98. The number of carboxylic acid groups (broad SMARTS) is 1. The van der Waals surface area contributed by atoms with Gasteiger partial charge in [0, 0.05) is 0 Å². The van der Waals surface area contributed by atoms with Gasteiger partial charge < -0.3 is 15.2 Å². The second kappa shape index (κ2) is 8.13. The number of aliphatic carboxylic acids is 1. The Hall–Kier alpha value is -2.04. The van der Waals surface area contributed by atoms with Crippen molar-refractivity contribution < 1.29 is 19.4 Å². The number of benzene rings is 1. The summed E-state index contributed by atoms with van der Waals surface area (Å²) in [5, 5.41) is 11.3. The van der Waals surface area contributed by atoms with Gasteiger partial charge in [-0.3, -0.25) is 0 Å². The molecule has 0 aliphatic rings. The summed E-state index contributed by atoms with van der Waals surface area (Å²) in [6, 6.07) is 8.34. The molecule has 0 aromatic heterocycles. The molecule has 1 atom stereocenters. The van der Waals surface area contributed by atoms with E-state index in [1.165, 1.54) is 0 Å². The molecule has 0 unspecified atom stereocenters. The predicted octanol–water partition coefficient (Wildman–Crippen LogP) is 2.56. The first-order chi connectivity index (χ1) is 9.13. The van der Waals surface area contributed by atoms with E-state index in [0.29, 0.717) is 6.42 Å². The fourth-order valence-corrected chi connectivity index (χ4v) is 1.57. The van der Waals surface area contributed by atoms with Crippen LogP contribution in [-0.4, -0.2) is 23.2 Å². The van der Waals surface area contributed by atoms with Crippen molar-refractivity contribution in [2.75, 3.05) is 0 Å². The average Bonchev–Trinajstić information content (AvgIpc) is 2.42. The van der Waals surface area contributed by atoms with Crippen LogP contribution < -0.4 is 5.32 Å². The second-order valence-corrected chi connectivity index (χ2v) is 4.24. The first kappa shape index (κ1) is 15.0. The molecular formula is C14H19NO4. The van der Waals surface area contributed by atoms with Crippen LogP contribution in [0.5, 0.6) is 0 Å². The van der Waals surface area contributed by atoms with Gasteiger partial charge in [0.1, 0.15) is 12.6 Å². The molecule has 1 aromatic carbocycles. The van der Waals surface area contributed by atoms with Crippen molar-refractivity contribution in [1.82, 2.24) is 5.32 Å². The van der Waals surface area contributed by atoms with Crippen molar-refractivity contribution in [2.24, 2.45) is 0 Å². The number of alkyl carbamates (subject to hydrolysis) is 1. The largest absolute Gasteiger partial charge is 0.480 e. The maximum Gasteiger partial charge on any atom is 0.408 e. The third-order valence-electron chi connectivity index (χ3n) is 2.65. The van der Waals surface area contributed by atoms with Crippen LogP contribution in [0.2, 0.25) is 0 Å². The van der Waals surface area contributed by atoms with Gasteiger partial charge in [-0.2, -0.15) is 0 Å². The van der Waals surface area contributed by atoms with E-state index >= 15 is 0 Å². The van der Waals surface area contributed by atoms with Crippen LogP contribution in [0, 0.1) is 0 Å². The molecule has 0 radical (unpaired) electrons. The number of amides is 1. The molecule has 2 N–H and O–H groups in total. The summed E-state index contributed by atoms with van der Waals surface area (Å²) >= 11 is 0. The molecule has 0 aliphatic carbocycles. The highest BCUT2D eigenvalue weighted by molar-refractivity contribution is 5.79. The zero-order chi connectivity index (χ0) is 14.1. The maximum absolute atomic E-state index is 11.5. The average molecular weight is 265 g/mol. The summed E-state index contributed by atoms with van der Waals surface area (Å²) in [6.45, 7) is 2.10. The Labute approximate surface area is 112 Å². The highest BCUT2D eigenvalue weighted by Gasteiger charge is 2.19. The number of hydrogen-bond donors (Lipinski definition) is 2. The molecule has 0 saturated carbocycles. The molecule has 5 heteroatoms. The van der Waals surface area contributed by atoms with Crippen LogP contribution in [-0.2, 0) is 16.1 Å². The standard InChI is InChI=1S/C14H19NO4/c1-2-3-9-12(13(16)17)15-14(18)19-10-11-7-5-4-6-8-11/h4-8,12H,2-3,9-10H2,1H3,(H,15,18)(H,16,17)/t12-/m1/s1. The molecule has 19 heavy (non-hydrogen) atoms. The third-order valence-corrected chi connectivity index (χ3v) is 2.65. The van der Waals surface area contributed by atoms with Gasteiger partial charge in [0.05, 0.1) is 0 Å². The fraction of sp³-hybridized carbons (Fsp3) is 0.429. The smallest absolute Gasteiger partial charge is 0.408 e.